The fourth-order valence-corrected chi connectivity index (χ4v) is 3.80. The molecule has 0 aromatic carbocycles. The van der Waals surface area contributed by atoms with Crippen molar-refractivity contribution in [3.63, 3.8) is 0 Å². The molecule has 1 N–H and O–H groups in total. The maximum absolute atomic E-state index is 4.89. The summed E-state index contributed by atoms with van der Waals surface area (Å²) in [6.45, 7) is 6.75. The molecule has 106 valence electrons. The molecule has 3 rings (SSSR count). The molecule has 0 bridgehead atoms. The Balaban J connectivity index is 1.91. The maximum atomic E-state index is 4.89. The zero-order valence-corrected chi connectivity index (χ0v) is 12.4. The van der Waals surface area contributed by atoms with E-state index in [4.69, 9.17) is 4.98 Å². The summed E-state index contributed by atoms with van der Waals surface area (Å²) in [5.41, 5.74) is 2.86. The molecular weight excluding hydrogens is 234 g/mol. The lowest BCUT2D eigenvalue weighted by molar-refractivity contribution is 0.407. The lowest BCUT2D eigenvalue weighted by Crippen LogP contribution is -2.26. The van der Waals surface area contributed by atoms with E-state index in [1.807, 2.05) is 0 Å². The third kappa shape index (κ3) is 2.58. The lowest BCUT2D eigenvalue weighted by atomic mass is 10.0. The molecule has 2 aliphatic rings. The minimum atomic E-state index is 0.717. The Morgan fingerprint density at radius 1 is 1.26 bits per heavy atom. The minimum Gasteiger partial charge on any atom is -0.329 e. The van der Waals surface area contributed by atoms with Gasteiger partial charge in [0.15, 0.2) is 0 Å². The van der Waals surface area contributed by atoms with Crippen molar-refractivity contribution in [3.05, 3.63) is 17.2 Å². The first kappa shape index (κ1) is 13.2. The van der Waals surface area contributed by atoms with Crippen molar-refractivity contribution < 1.29 is 0 Å². The first-order valence-corrected chi connectivity index (χ1v) is 8.09. The molecule has 2 unspecified atom stereocenters. The van der Waals surface area contributed by atoms with Crippen LogP contribution in [0.2, 0.25) is 0 Å². The van der Waals surface area contributed by atoms with Gasteiger partial charge >= 0.3 is 0 Å². The van der Waals surface area contributed by atoms with E-state index in [9.17, 15) is 0 Å². The van der Waals surface area contributed by atoms with Crippen LogP contribution in [0.25, 0.3) is 0 Å². The maximum Gasteiger partial charge on any atom is 0.109 e. The molecule has 1 aromatic heterocycles. The van der Waals surface area contributed by atoms with Crippen LogP contribution in [0.5, 0.6) is 0 Å². The summed E-state index contributed by atoms with van der Waals surface area (Å²) in [5, 5.41) is 3.45. The van der Waals surface area contributed by atoms with E-state index < -0.39 is 0 Å². The summed E-state index contributed by atoms with van der Waals surface area (Å²) in [7, 11) is 0. The van der Waals surface area contributed by atoms with Gasteiger partial charge < -0.3 is 9.88 Å². The van der Waals surface area contributed by atoms with E-state index in [0.717, 1.165) is 31.8 Å². The van der Waals surface area contributed by atoms with Crippen molar-refractivity contribution in [2.45, 2.75) is 71.4 Å². The van der Waals surface area contributed by atoms with Gasteiger partial charge in [-0.3, -0.25) is 0 Å². The Labute approximate surface area is 116 Å². The molecule has 0 saturated heterocycles. The standard InChI is InChI=1S/C16H27N3/c1-3-16-18-14-11-17-10-9-15(14)19(16)13-6-4-5-12(2)7-8-13/h12-13,17H,3-11H2,1-2H3. The Hall–Kier alpha value is -0.830. The Kier molecular flexibility index (Phi) is 3.92. The van der Waals surface area contributed by atoms with Crippen LogP contribution in [-0.4, -0.2) is 16.1 Å². The van der Waals surface area contributed by atoms with Crippen molar-refractivity contribution in [2.24, 2.45) is 5.92 Å². The summed E-state index contributed by atoms with van der Waals surface area (Å²) in [6, 6.07) is 0.717. The fourth-order valence-electron chi connectivity index (χ4n) is 3.80. The van der Waals surface area contributed by atoms with Crippen LogP contribution >= 0.6 is 0 Å². The van der Waals surface area contributed by atoms with Gasteiger partial charge in [0.1, 0.15) is 5.82 Å². The molecular formula is C16H27N3. The predicted molar refractivity (Wildman–Crippen MR) is 78.3 cm³/mol. The summed E-state index contributed by atoms with van der Waals surface area (Å²) in [4.78, 5) is 4.89. The van der Waals surface area contributed by atoms with Crippen molar-refractivity contribution in [1.82, 2.24) is 14.9 Å². The third-order valence-corrected chi connectivity index (χ3v) is 4.91. The number of aryl methyl sites for hydroxylation is 1. The van der Waals surface area contributed by atoms with Crippen molar-refractivity contribution in [3.8, 4) is 0 Å². The molecule has 1 aliphatic heterocycles. The number of fused-ring (bicyclic) bond motifs is 1. The number of hydrogen-bond acceptors (Lipinski definition) is 2. The van der Waals surface area contributed by atoms with Crippen molar-refractivity contribution in [2.75, 3.05) is 6.54 Å². The van der Waals surface area contributed by atoms with Crippen molar-refractivity contribution in [1.29, 1.82) is 0 Å². The smallest absolute Gasteiger partial charge is 0.109 e. The Morgan fingerprint density at radius 3 is 3.00 bits per heavy atom. The number of rotatable bonds is 2. The summed E-state index contributed by atoms with van der Waals surface area (Å²) < 4.78 is 2.63. The van der Waals surface area contributed by atoms with Gasteiger partial charge in [-0.25, -0.2) is 4.98 Å². The number of imidazole rings is 1. The number of aromatic nitrogens is 2. The number of nitrogens with zero attached hydrogens (tertiary/aromatic N) is 2. The molecule has 2 heterocycles. The number of nitrogens with one attached hydrogen (secondary N) is 1. The second kappa shape index (κ2) is 5.66. The molecule has 1 fully saturated rings. The molecule has 3 heteroatoms. The van der Waals surface area contributed by atoms with Gasteiger partial charge in [0, 0.05) is 37.7 Å². The van der Waals surface area contributed by atoms with Crippen LogP contribution in [0.15, 0.2) is 0 Å². The SMILES string of the molecule is CCc1nc2c(n1C1CCCC(C)CC1)CCNC2. The third-order valence-electron chi connectivity index (χ3n) is 4.91. The minimum absolute atomic E-state index is 0.717. The molecule has 1 aromatic rings. The highest BCUT2D eigenvalue weighted by Gasteiger charge is 2.25. The van der Waals surface area contributed by atoms with Gasteiger partial charge in [-0.05, 0) is 25.2 Å². The monoisotopic (exact) mass is 261 g/mol. The van der Waals surface area contributed by atoms with Crippen LogP contribution in [0.3, 0.4) is 0 Å². The molecule has 1 aliphatic carbocycles. The zero-order valence-electron chi connectivity index (χ0n) is 12.4. The second-order valence-corrected chi connectivity index (χ2v) is 6.34. The van der Waals surface area contributed by atoms with Crippen LogP contribution in [0.1, 0.15) is 69.2 Å². The first-order valence-electron chi connectivity index (χ1n) is 8.09. The highest BCUT2D eigenvalue weighted by atomic mass is 15.1. The molecule has 0 spiro atoms. The van der Waals surface area contributed by atoms with Gasteiger partial charge in [0.25, 0.3) is 0 Å². The van der Waals surface area contributed by atoms with Crippen LogP contribution < -0.4 is 5.32 Å². The second-order valence-electron chi connectivity index (χ2n) is 6.34. The van der Waals surface area contributed by atoms with Gasteiger partial charge in [0.2, 0.25) is 0 Å². The molecule has 3 nitrogen and oxygen atoms in total. The van der Waals surface area contributed by atoms with Gasteiger partial charge in [-0.1, -0.05) is 26.7 Å². The largest absolute Gasteiger partial charge is 0.329 e. The zero-order chi connectivity index (χ0) is 13.2. The van der Waals surface area contributed by atoms with Crippen LogP contribution in [-0.2, 0) is 19.4 Å². The van der Waals surface area contributed by atoms with Crippen LogP contribution in [0, 0.1) is 5.92 Å². The summed E-state index contributed by atoms with van der Waals surface area (Å²) >= 11 is 0. The van der Waals surface area contributed by atoms with Gasteiger partial charge in [0.05, 0.1) is 5.69 Å². The first-order chi connectivity index (χ1) is 9.29. The lowest BCUT2D eigenvalue weighted by Gasteiger charge is -2.23. The van der Waals surface area contributed by atoms with Gasteiger partial charge in [-0.2, -0.15) is 0 Å². The predicted octanol–water partition coefficient (Wildman–Crippen LogP) is 3.23. The van der Waals surface area contributed by atoms with Crippen molar-refractivity contribution >= 4 is 0 Å². The number of hydrogen-bond donors (Lipinski definition) is 1. The fraction of sp³-hybridized carbons (Fsp3) is 0.812. The molecule has 0 radical (unpaired) electrons. The molecule has 2 atom stereocenters. The van der Waals surface area contributed by atoms with Gasteiger partial charge in [-0.15, -0.1) is 0 Å². The molecule has 1 saturated carbocycles. The van der Waals surface area contributed by atoms with E-state index in [1.165, 1.54) is 49.3 Å². The highest BCUT2D eigenvalue weighted by Crippen LogP contribution is 2.33. The summed E-state index contributed by atoms with van der Waals surface area (Å²) in [6.07, 6.45) is 9.13. The quantitative estimate of drug-likeness (QED) is 0.828. The Morgan fingerprint density at radius 2 is 2.16 bits per heavy atom. The van der Waals surface area contributed by atoms with E-state index in [0.29, 0.717) is 6.04 Å². The molecule has 19 heavy (non-hydrogen) atoms. The Bertz CT molecular complexity index is 435. The highest BCUT2D eigenvalue weighted by molar-refractivity contribution is 5.21. The topological polar surface area (TPSA) is 29.9 Å². The normalized spacial score (nSPS) is 27.9. The average Bonchev–Trinajstić information content (AvgIpc) is 2.68. The van der Waals surface area contributed by atoms with Crippen LogP contribution in [0.4, 0.5) is 0 Å². The van der Waals surface area contributed by atoms with E-state index in [-0.39, 0.29) is 0 Å². The van der Waals surface area contributed by atoms with E-state index in [2.05, 4.69) is 23.7 Å². The van der Waals surface area contributed by atoms with E-state index >= 15 is 0 Å². The average molecular weight is 261 g/mol. The molecule has 0 amide bonds. The summed E-state index contributed by atoms with van der Waals surface area (Å²) in [5.74, 6) is 2.24. The van der Waals surface area contributed by atoms with E-state index in [1.54, 1.807) is 0 Å².